The van der Waals surface area contributed by atoms with Gasteiger partial charge in [-0.15, -0.1) is 12.4 Å². The number of halogens is 1. The van der Waals surface area contributed by atoms with Crippen LogP contribution in [-0.2, 0) is 0 Å². The summed E-state index contributed by atoms with van der Waals surface area (Å²) >= 11 is 0. The Hall–Kier alpha value is 0.250. The summed E-state index contributed by atoms with van der Waals surface area (Å²) in [5.74, 6) is 0. The molecule has 0 fully saturated rings. The summed E-state index contributed by atoms with van der Waals surface area (Å²) in [5.41, 5.74) is 0. The molecule has 0 aromatic rings. The van der Waals surface area contributed by atoms with Crippen LogP contribution in [-0.4, -0.2) is 26.0 Å². The van der Waals surface area contributed by atoms with Crippen LogP contribution in [0, 0.1) is 0 Å². The van der Waals surface area contributed by atoms with E-state index in [1.807, 2.05) is 26.0 Å². The molecule has 0 heterocycles. The van der Waals surface area contributed by atoms with Crippen molar-refractivity contribution in [3.63, 3.8) is 0 Å². The minimum Gasteiger partial charge on any atom is -0.312 e. The van der Waals surface area contributed by atoms with Crippen LogP contribution in [0.5, 0.6) is 0 Å². The topological polar surface area (TPSA) is 3.24 Å². The molecule has 1 nitrogen and oxygen atoms in total. The summed E-state index contributed by atoms with van der Waals surface area (Å²) in [6.45, 7) is 4.51. The maximum Gasteiger partial charge on any atom is -0.0140 e. The number of nitrogens with zero attached hydrogens (tertiary/aromatic N) is 1. The molecule has 0 amide bonds. The van der Waals surface area contributed by atoms with Crippen LogP contribution >= 0.6 is 12.4 Å². The van der Waals surface area contributed by atoms with Gasteiger partial charge in [-0.05, 0) is 21.1 Å². The van der Waals surface area contributed by atoms with E-state index in [0.29, 0.717) is 0 Å². The highest BCUT2D eigenvalue weighted by Gasteiger charge is 1.83. The molecule has 0 unspecified atom stereocenters. The zero-order valence-electron chi connectivity index (χ0n) is 10.1. The highest BCUT2D eigenvalue weighted by atomic mass is 35.5. The van der Waals surface area contributed by atoms with Crippen molar-refractivity contribution >= 4 is 12.4 Å². The van der Waals surface area contributed by atoms with Crippen molar-refractivity contribution in [2.45, 2.75) is 52.4 Å². The van der Waals surface area contributed by atoms with Gasteiger partial charge in [0.05, 0.1) is 0 Å². The average Bonchev–Trinajstić information content (AvgIpc) is 1.97. The van der Waals surface area contributed by atoms with Crippen LogP contribution < -0.4 is 0 Å². The van der Waals surface area contributed by atoms with Crippen molar-refractivity contribution in [3.8, 4) is 0 Å². The molecule has 0 aromatic heterocycles. The van der Waals surface area contributed by atoms with Gasteiger partial charge in [0, 0.05) is 0 Å². The Morgan fingerprint density at radius 3 is 1.08 bits per heavy atom. The molecular weight excluding hydrogens is 182 g/mol. The minimum atomic E-state index is 0. The molecular formula is C11H28ClN. The van der Waals surface area contributed by atoms with E-state index in [2.05, 4.69) is 13.8 Å². The first-order valence-electron chi connectivity index (χ1n) is 5.26. The van der Waals surface area contributed by atoms with Crippen molar-refractivity contribution in [3.05, 3.63) is 0 Å². The Bertz CT molecular complexity index is 56.4. The second kappa shape index (κ2) is 18.1. The predicted molar refractivity (Wildman–Crippen MR) is 65.9 cm³/mol. The second-order valence-electron chi connectivity index (χ2n) is 3.76. The van der Waals surface area contributed by atoms with E-state index >= 15 is 0 Å². The first kappa shape index (κ1) is 18.9. The quantitative estimate of drug-likeness (QED) is 0.620. The van der Waals surface area contributed by atoms with Crippen molar-refractivity contribution in [2.75, 3.05) is 21.1 Å². The number of rotatable bonds is 5. The van der Waals surface area contributed by atoms with Gasteiger partial charge < -0.3 is 4.90 Å². The summed E-state index contributed by atoms with van der Waals surface area (Å²) in [4.78, 5) is 2.00. The lowest BCUT2D eigenvalue weighted by Crippen LogP contribution is -1.99. The molecule has 0 saturated heterocycles. The molecule has 0 spiro atoms. The molecule has 0 aliphatic rings. The van der Waals surface area contributed by atoms with Gasteiger partial charge in [-0.1, -0.05) is 52.4 Å². The highest BCUT2D eigenvalue weighted by Crippen LogP contribution is 2.03. The Labute approximate surface area is 91.3 Å². The van der Waals surface area contributed by atoms with Crippen molar-refractivity contribution in [2.24, 2.45) is 0 Å². The van der Waals surface area contributed by atoms with Gasteiger partial charge >= 0.3 is 0 Å². The molecule has 0 rings (SSSR count). The van der Waals surface area contributed by atoms with E-state index in [0.717, 1.165) is 0 Å². The van der Waals surface area contributed by atoms with Gasteiger partial charge in [-0.2, -0.15) is 0 Å². The van der Waals surface area contributed by atoms with E-state index in [1.54, 1.807) is 0 Å². The Kier molecular flexibility index (Phi) is 26.4. The van der Waals surface area contributed by atoms with Gasteiger partial charge in [0.25, 0.3) is 0 Å². The van der Waals surface area contributed by atoms with Crippen LogP contribution in [0.3, 0.4) is 0 Å². The Morgan fingerprint density at radius 2 is 0.923 bits per heavy atom. The van der Waals surface area contributed by atoms with Crippen LogP contribution in [0.25, 0.3) is 0 Å². The summed E-state index contributed by atoms with van der Waals surface area (Å²) in [5, 5.41) is 0. The largest absolute Gasteiger partial charge is 0.312 e. The number of hydrogen-bond acceptors (Lipinski definition) is 1. The smallest absolute Gasteiger partial charge is 0.0140 e. The predicted octanol–water partition coefficient (Wildman–Crippen LogP) is 3.97. The first-order chi connectivity index (χ1) is 5.65. The fraction of sp³-hybridized carbons (Fsp3) is 1.00. The fourth-order valence-corrected chi connectivity index (χ4v) is 0.854. The van der Waals surface area contributed by atoms with Gasteiger partial charge in [-0.3, -0.25) is 0 Å². The lowest BCUT2D eigenvalue weighted by Gasteiger charge is -1.93. The first-order valence-corrected chi connectivity index (χ1v) is 5.26. The number of hydrogen-bond donors (Lipinski definition) is 0. The molecule has 0 radical (unpaired) electrons. The van der Waals surface area contributed by atoms with Crippen LogP contribution in [0.4, 0.5) is 0 Å². The summed E-state index contributed by atoms with van der Waals surface area (Å²) in [6.07, 6.45) is 8.49. The molecule has 0 aliphatic heterocycles. The highest BCUT2D eigenvalue weighted by molar-refractivity contribution is 5.85. The monoisotopic (exact) mass is 209 g/mol. The van der Waals surface area contributed by atoms with Crippen molar-refractivity contribution in [1.82, 2.24) is 4.90 Å². The minimum absolute atomic E-state index is 0. The Morgan fingerprint density at radius 1 is 0.692 bits per heavy atom. The maximum absolute atomic E-state index is 2.26. The maximum atomic E-state index is 2.26. The van der Waals surface area contributed by atoms with E-state index in [1.165, 1.54) is 38.5 Å². The molecule has 13 heavy (non-hydrogen) atoms. The van der Waals surface area contributed by atoms with Crippen LogP contribution in [0.1, 0.15) is 52.4 Å². The van der Waals surface area contributed by atoms with Crippen molar-refractivity contribution in [1.29, 1.82) is 0 Å². The zero-order valence-corrected chi connectivity index (χ0v) is 10.9. The SMILES string of the molecule is CCCCCCCC.CN(C)C.Cl. The fourth-order valence-electron chi connectivity index (χ4n) is 0.854. The molecule has 84 valence electrons. The Balaban J connectivity index is -0.000000173. The lowest BCUT2D eigenvalue weighted by atomic mass is 10.1. The standard InChI is InChI=1S/C8H18.C3H9N.ClH/c1-3-5-7-8-6-4-2;1-4(2)3;/h3-8H2,1-2H3;1-3H3;1H. The van der Waals surface area contributed by atoms with Gasteiger partial charge in [0.15, 0.2) is 0 Å². The van der Waals surface area contributed by atoms with Gasteiger partial charge in [0.2, 0.25) is 0 Å². The molecule has 0 atom stereocenters. The third-order valence-electron chi connectivity index (χ3n) is 1.46. The summed E-state index contributed by atoms with van der Waals surface area (Å²) < 4.78 is 0. The number of unbranched alkanes of at least 4 members (excludes halogenated alkanes) is 5. The summed E-state index contributed by atoms with van der Waals surface area (Å²) in [6, 6.07) is 0. The van der Waals surface area contributed by atoms with E-state index in [-0.39, 0.29) is 12.4 Å². The molecule has 2 heteroatoms. The molecule has 0 aromatic carbocycles. The van der Waals surface area contributed by atoms with E-state index < -0.39 is 0 Å². The van der Waals surface area contributed by atoms with Gasteiger partial charge in [-0.25, -0.2) is 0 Å². The summed E-state index contributed by atoms with van der Waals surface area (Å²) in [7, 11) is 6.00. The third-order valence-corrected chi connectivity index (χ3v) is 1.46. The third kappa shape index (κ3) is 46.7. The van der Waals surface area contributed by atoms with Gasteiger partial charge in [0.1, 0.15) is 0 Å². The zero-order chi connectivity index (χ0) is 9.82. The normalized spacial score (nSPS) is 8.77. The van der Waals surface area contributed by atoms with Crippen LogP contribution in [0.15, 0.2) is 0 Å². The second-order valence-corrected chi connectivity index (χ2v) is 3.76. The molecule has 0 N–H and O–H groups in total. The van der Waals surface area contributed by atoms with E-state index in [4.69, 9.17) is 0 Å². The lowest BCUT2D eigenvalue weighted by molar-refractivity contribution is 0.505. The van der Waals surface area contributed by atoms with Crippen LogP contribution in [0.2, 0.25) is 0 Å². The average molecular weight is 210 g/mol. The van der Waals surface area contributed by atoms with Crippen molar-refractivity contribution < 1.29 is 0 Å². The molecule has 0 aliphatic carbocycles. The molecule has 0 bridgehead atoms. The molecule has 0 saturated carbocycles. The van der Waals surface area contributed by atoms with E-state index in [9.17, 15) is 0 Å².